The molecular weight excluding hydrogens is 449 g/mol. The van der Waals surface area contributed by atoms with Crippen molar-refractivity contribution in [1.29, 1.82) is 5.41 Å². The number of nitrogens with one attached hydrogen (secondary N) is 1. The lowest BCUT2D eigenvalue weighted by Crippen LogP contribution is -2.38. The Labute approximate surface area is 192 Å². The van der Waals surface area contributed by atoms with Crippen LogP contribution in [0, 0.1) is 11.3 Å². The second-order valence-corrected chi connectivity index (χ2v) is 8.77. The molecule has 0 aliphatic carbocycles. The van der Waals surface area contributed by atoms with Crippen LogP contribution in [0.5, 0.6) is 0 Å². The van der Waals surface area contributed by atoms with Crippen molar-refractivity contribution >= 4 is 58.0 Å². The first-order chi connectivity index (χ1) is 13.1. The van der Waals surface area contributed by atoms with Crippen molar-refractivity contribution in [1.82, 2.24) is 9.47 Å². The molecule has 3 aromatic rings. The molecule has 1 saturated heterocycles. The van der Waals surface area contributed by atoms with Gasteiger partial charge in [-0.2, -0.15) is 0 Å². The van der Waals surface area contributed by atoms with Gasteiger partial charge in [0, 0.05) is 18.1 Å². The molecule has 4 rings (SSSR count). The van der Waals surface area contributed by atoms with Gasteiger partial charge in [0.1, 0.15) is 0 Å². The van der Waals surface area contributed by atoms with E-state index in [1.807, 2.05) is 48.5 Å². The first-order valence-corrected chi connectivity index (χ1v) is 10.6. The number of thiazole rings is 1. The summed E-state index contributed by atoms with van der Waals surface area (Å²) in [6.07, 6.45) is 1.76. The second-order valence-electron chi connectivity index (χ2n) is 7.30. The second kappa shape index (κ2) is 10.8. The standard InChI is InChI=1S/C21H24ClN3OS.2ClH/c22-17-6-7-18-20(12-17)27-21(23)25(18)13-15-8-10-24(11-9-15)14-19(26)16-4-2-1-3-5-16;;/h1-7,12,15,19,23,26H,8-11,13-14H2;2*1H. The monoisotopic (exact) mass is 473 g/mol. The number of likely N-dealkylation sites (tertiary alicyclic amines) is 1. The molecule has 2 aromatic carbocycles. The van der Waals surface area contributed by atoms with Crippen LogP contribution in [0.15, 0.2) is 48.5 Å². The lowest BCUT2D eigenvalue weighted by Gasteiger charge is -2.33. The maximum Gasteiger partial charge on any atom is 0.182 e. The van der Waals surface area contributed by atoms with Crippen LogP contribution in [0.1, 0.15) is 24.5 Å². The highest BCUT2D eigenvalue weighted by Gasteiger charge is 2.22. The minimum atomic E-state index is -0.428. The number of fused-ring (bicyclic) bond motifs is 1. The number of nitrogens with zero attached hydrogens (tertiary/aromatic N) is 2. The zero-order chi connectivity index (χ0) is 18.8. The van der Waals surface area contributed by atoms with Crippen LogP contribution in [0.3, 0.4) is 0 Å². The highest BCUT2D eigenvalue weighted by Crippen LogP contribution is 2.26. The molecular formula is C21H26Cl3N3OS. The van der Waals surface area contributed by atoms with E-state index in [0.29, 0.717) is 17.3 Å². The van der Waals surface area contributed by atoms with Gasteiger partial charge in [-0.05, 0) is 55.6 Å². The van der Waals surface area contributed by atoms with Crippen molar-refractivity contribution in [3.05, 3.63) is 63.9 Å². The number of aliphatic hydroxyl groups is 1. The van der Waals surface area contributed by atoms with Gasteiger partial charge < -0.3 is 14.6 Å². The Morgan fingerprint density at radius 3 is 2.48 bits per heavy atom. The summed E-state index contributed by atoms with van der Waals surface area (Å²) < 4.78 is 3.20. The maximum absolute atomic E-state index is 10.4. The van der Waals surface area contributed by atoms with E-state index >= 15 is 0 Å². The summed E-state index contributed by atoms with van der Waals surface area (Å²) in [6, 6.07) is 15.8. The lowest BCUT2D eigenvalue weighted by molar-refractivity contribution is 0.0867. The molecule has 1 atom stereocenters. The number of piperidine rings is 1. The first kappa shape index (κ1) is 24.2. The molecule has 1 aliphatic rings. The number of benzene rings is 2. The summed E-state index contributed by atoms with van der Waals surface area (Å²) in [6.45, 7) is 3.57. The fourth-order valence-electron chi connectivity index (χ4n) is 3.88. The normalized spacial score (nSPS) is 16.2. The molecule has 0 saturated carbocycles. The molecule has 2 heterocycles. The molecule has 4 nitrogen and oxygen atoms in total. The van der Waals surface area contributed by atoms with Crippen molar-refractivity contribution in [2.75, 3.05) is 19.6 Å². The molecule has 0 radical (unpaired) electrons. The van der Waals surface area contributed by atoms with Crippen LogP contribution >= 0.6 is 47.8 Å². The topological polar surface area (TPSA) is 52.2 Å². The fourth-order valence-corrected chi connectivity index (χ4v) is 5.07. The minimum absolute atomic E-state index is 0. The van der Waals surface area contributed by atoms with E-state index in [0.717, 1.165) is 53.3 Å². The van der Waals surface area contributed by atoms with Crippen LogP contribution in [-0.4, -0.2) is 34.2 Å². The predicted molar refractivity (Wildman–Crippen MR) is 126 cm³/mol. The highest BCUT2D eigenvalue weighted by atomic mass is 35.5. The summed E-state index contributed by atoms with van der Waals surface area (Å²) in [7, 11) is 0. The largest absolute Gasteiger partial charge is 0.387 e. The Bertz CT molecular complexity index is 968. The van der Waals surface area contributed by atoms with Crippen LogP contribution in [0.25, 0.3) is 10.2 Å². The van der Waals surface area contributed by atoms with Crippen molar-refractivity contribution in [2.45, 2.75) is 25.5 Å². The smallest absolute Gasteiger partial charge is 0.182 e. The number of aromatic nitrogens is 1. The summed E-state index contributed by atoms with van der Waals surface area (Å²) in [4.78, 5) is 2.94. The third kappa shape index (κ3) is 5.75. The number of β-amino-alcohol motifs (C(OH)–C–C–N with tert-alkyl or cyclic N) is 1. The number of hydrogen-bond acceptors (Lipinski definition) is 4. The Kier molecular flexibility index (Phi) is 9.01. The van der Waals surface area contributed by atoms with Gasteiger partial charge in [0.15, 0.2) is 4.80 Å². The Hall–Kier alpha value is -1.08. The first-order valence-electron chi connectivity index (χ1n) is 9.39. The fraction of sp³-hybridized carbons (Fsp3) is 0.381. The quantitative estimate of drug-likeness (QED) is 0.539. The predicted octanol–water partition coefficient (Wildman–Crippen LogP) is 5.12. The van der Waals surface area contributed by atoms with E-state index in [4.69, 9.17) is 17.0 Å². The molecule has 8 heteroatoms. The Morgan fingerprint density at radius 2 is 1.79 bits per heavy atom. The van der Waals surface area contributed by atoms with Crippen molar-refractivity contribution in [3.63, 3.8) is 0 Å². The molecule has 2 N–H and O–H groups in total. The number of halogens is 3. The molecule has 1 fully saturated rings. The Balaban J connectivity index is 0.00000150. The number of aliphatic hydroxyl groups excluding tert-OH is 1. The molecule has 158 valence electrons. The van der Waals surface area contributed by atoms with Crippen molar-refractivity contribution in [2.24, 2.45) is 5.92 Å². The molecule has 0 spiro atoms. The molecule has 1 aliphatic heterocycles. The van der Waals surface area contributed by atoms with E-state index in [1.54, 1.807) is 0 Å². The van der Waals surface area contributed by atoms with Gasteiger partial charge in [0.2, 0.25) is 0 Å². The van der Waals surface area contributed by atoms with Gasteiger partial charge in [-0.1, -0.05) is 53.3 Å². The van der Waals surface area contributed by atoms with Crippen molar-refractivity contribution in [3.8, 4) is 0 Å². The zero-order valence-corrected chi connectivity index (χ0v) is 19.2. The van der Waals surface area contributed by atoms with Crippen LogP contribution < -0.4 is 4.80 Å². The van der Waals surface area contributed by atoms with Crippen LogP contribution in [0.2, 0.25) is 5.02 Å². The van der Waals surface area contributed by atoms with E-state index in [9.17, 15) is 5.11 Å². The zero-order valence-electron chi connectivity index (χ0n) is 16.0. The average molecular weight is 475 g/mol. The summed E-state index contributed by atoms with van der Waals surface area (Å²) in [5.74, 6) is 0.567. The van der Waals surface area contributed by atoms with Gasteiger partial charge in [0.05, 0.1) is 16.3 Å². The van der Waals surface area contributed by atoms with E-state index in [1.165, 1.54) is 11.3 Å². The third-order valence-corrected chi connectivity index (χ3v) is 6.62. The van der Waals surface area contributed by atoms with Crippen LogP contribution in [0.4, 0.5) is 0 Å². The molecule has 0 bridgehead atoms. The van der Waals surface area contributed by atoms with E-state index < -0.39 is 6.10 Å². The Morgan fingerprint density at radius 1 is 1.10 bits per heavy atom. The van der Waals surface area contributed by atoms with Gasteiger partial charge in [-0.3, -0.25) is 5.41 Å². The van der Waals surface area contributed by atoms with Gasteiger partial charge in [-0.25, -0.2) is 0 Å². The molecule has 0 amide bonds. The molecule has 1 aromatic heterocycles. The lowest BCUT2D eigenvalue weighted by atomic mass is 9.96. The SMILES string of the molecule is Cl.Cl.N=c1sc2cc(Cl)ccc2n1CC1CCN(CC(O)c2ccccc2)CC1. The molecule has 1 unspecified atom stereocenters. The molecule has 29 heavy (non-hydrogen) atoms. The maximum atomic E-state index is 10.4. The van der Waals surface area contributed by atoms with Gasteiger partial charge in [0.25, 0.3) is 0 Å². The van der Waals surface area contributed by atoms with Crippen molar-refractivity contribution < 1.29 is 5.11 Å². The third-order valence-electron chi connectivity index (χ3n) is 5.43. The van der Waals surface area contributed by atoms with Crippen LogP contribution in [-0.2, 0) is 6.54 Å². The summed E-state index contributed by atoms with van der Waals surface area (Å²) in [5.41, 5.74) is 2.09. The average Bonchev–Trinajstić information content (AvgIpc) is 2.98. The summed E-state index contributed by atoms with van der Waals surface area (Å²) >= 11 is 7.57. The number of rotatable bonds is 5. The van der Waals surface area contributed by atoms with Gasteiger partial charge >= 0.3 is 0 Å². The van der Waals surface area contributed by atoms with E-state index in [-0.39, 0.29) is 24.8 Å². The number of hydrogen-bond donors (Lipinski definition) is 2. The highest BCUT2D eigenvalue weighted by molar-refractivity contribution is 7.16. The van der Waals surface area contributed by atoms with E-state index in [2.05, 4.69) is 9.47 Å². The minimum Gasteiger partial charge on any atom is -0.387 e. The van der Waals surface area contributed by atoms with Gasteiger partial charge in [-0.15, -0.1) is 24.8 Å². The summed E-state index contributed by atoms with van der Waals surface area (Å²) in [5, 5.41) is 19.5.